The van der Waals surface area contributed by atoms with Gasteiger partial charge in [0.1, 0.15) is 17.3 Å². The molecule has 1 N–H and O–H groups in total. The second-order valence-corrected chi connectivity index (χ2v) is 9.24. The average Bonchev–Trinajstić information content (AvgIpc) is 2.86. The van der Waals surface area contributed by atoms with Gasteiger partial charge in [0.25, 0.3) is 0 Å². The van der Waals surface area contributed by atoms with Gasteiger partial charge < -0.3 is 14.8 Å². The number of hydrogen-bond acceptors (Lipinski definition) is 6. The molecule has 2 aliphatic heterocycles. The number of pyridine rings is 3. The minimum absolute atomic E-state index is 0.00626. The molecule has 180 valence electrons. The van der Waals surface area contributed by atoms with Crippen LogP contribution in [0.4, 0.5) is 11.6 Å². The van der Waals surface area contributed by atoms with Gasteiger partial charge in [0, 0.05) is 50.7 Å². The van der Waals surface area contributed by atoms with E-state index in [1.54, 1.807) is 12.3 Å². The molecule has 0 aromatic carbocycles. The van der Waals surface area contributed by atoms with Gasteiger partial charge in [0.05, 0.1) is 18.5 Å². The maximum atomic E-state index is 13.3. The Labute approximate surface area is 205 Å². The lowest BCUT2D eigenvalue weighted by Crippen LogP contribution is -2.30. The number of allylic oxidation sites excluding steroid dienone is 2. The lowest BCUT2D eigenvalue weighted by atomic mass is 10.1. The van der Waals surface area contributed by atoms with E-state index in [4.69, 9.17) is 4.98 Å². The fraction of sp³-hybridized carbons (Fsp3) is 0.357. The maximum Gasteiger partial charge on any atom is 0.193 e. The van der Waals surface area contributed by atoms with Crippen molar-refractivity contribution in [3.05, 3.63) is 81.8 Å². The van der Waals surface area contributed by atoms with Gasteiger partial charge in [-0.3, -0.25) is 14.8 Å². The summed E-state index contributed by atoms with van der Waals surface area (Å²) in [4.78, 5) is 29.4. The third-order valence-electron chi connectivity index (χ3n) is 6.65. The molecule has 0 amide bonds. The van der Waals surface area contributed by atoms with Gasteiger partial charge in [-0.25, -0.2) is 4.98 Å². The van der Waals surface area contributed by atoms with Crippen LogP contribution in [0.15, 0.2) is 70.2 Å². The first-order valence-electron chi connectivity index (χ1n) is 12.4. The maximum absolute atomic E-state index is 13.3. The van der Waals surface area contributed by atoms with Crippen molar-refractivity contribution in [2.45, 2.75) is 39.2 Å². The van der Waals surface area contributed by atoms with Crippen LogP contribution in [0.25, 0.3) is 11.0 Å². The van der Waals surface area contributed by atoms with Crippen molar-refractivity contribution in [1.29, 1.82) is 0 Å². The highest BCUT2D eigenvalue weighted by Gasteiger charge is 2.18. The lowest BCUT2D eigenvalue weighted by Gasteiger charge is -2.29. The number of anilines is 2. The molecule has 0 bridgehead atoms. The zero-order valence-corrected chi connectivity index (χ0v) is 20.3. The first-order valence-corrected chi connectivity index (χ1v) is 12.4. The van der Waals surface area contributed by atoms with Crippen molar-refractivity contribution in [2.75, 3.05) is 36.4 Å². The summed E-state index contributed by atoms with van der Waals surface area (Å²) in [6.07, 6.45) is 16.2. The molecule has 3 aromatic heterocycles. The van der Waals surface area contributed by atoms with Crippen LogP contribution in [0.3, 0.4) is 0 Å². The molecular formula is C28H32N6O. The van der Waals surface area contributed by atoms with Crippen LogP contribution in [0.2, 0.25) is 0 Å². The minimum atomic E-state index is -0.00626. The lowest BCUT2D eigenvalue weighted by molar-refractivity contribution is 0.573. The van der Waals surface area contributed by atoms with E-state index in [0.29, 0.717) is 18.5 Å². The Morgan fingerprint density at radius 3 is 2.86 bits per heavy atom. The zero-order valence-electron chi connectivity index (χ0n) is 20.3. The van der Waals surface area contributed by atoms with Crippen molar-refractivity contribution in [3.63, 3.8) is 0 Å². The topological polar surface area (TPSA) is 75.4 Å². The summed E-state index contributed by atoms with van der Waals surface area (Å²) in [7, 11) is 0. The SMILES string of the molecule is Cc1cc(N2CCCCC2)nc2c1c(=O)cc(NC/C1=C/C=CCN=CC1)n2Cc1cccnc1. The van der Waals surface area contributed by atoms with Crippen LogP contribution in [0, 0.1) is 6.92 Å². The third-order valence-corrected chi connectivity index (χ3v) is 6.65. The van der Waals surface area contributed by atoms with E-state index < -0.39 is 0 Å². The van der Waals surface area contributed by atoms with Crippen molar-refractivity contribution in [1.82, 2.24) is 14.5 Å². The quantitative estimate of drug-likeness (QED) is 0.576. The van der Waals surface area contributed by atoms with Gasteiger partial charge in [0.2, 0.25) is 0 Å². The molecule has 1 fully saturated rings. The van der Waals surface area contributed by atoms with Crippen molar-refractivity contribution >= 4 is 28.9 Å². The molecule has 0 atom stereocenters. The van der Waals surface area contributed by atoms with Crippen molar-refractivity contribution < 1.29 is 0 Å². The highest BCUT2D eigenvalue weighted by Crippen LogP contribution is 2.26. The number of nitrogens with zero attached hydrogens (tertiary/aromatic N) is 5. The molecule has 0 aliphatic carbocycles. The number of aromatic nitrogens is 3. The number of fused-ring (bicyclic) bond motifs is 1. The normalized spacial score (nSPS) is 17.6. The highest BCUT2D eigenvalue weighted by molar-refractivity contribution is 5.83. The monoisotopic (exact) mass is 468 g/mol. The van der Waals surface area contributed by atoms with E-state index in [-0.39, 0.29) is 5.43 Å². The van der Waals surface area contributed by atoms with Crippen molar-refractivity contribution in [3.8, 4) is 0 Å². The van der Waals surface area contributed by atoms with Crippen LogP contribution in [-0.2, 0) is 6.54 Å². The van der Waals surface area contributed by atoms with Gasteiger partial charge in [-0.15, -0.1) is 0 Å². The molecule has 7 heteroatoms. The van der Waals surface area contributed by atoms with Gasteiger partial charge in [0.15, 0.2) is 5.43 Å². The summed E-state index contributed by atoms with van der Waals surface area (Å²) in [6.45, 7) is 5.95. The summed E-state index contributed by atoms with van der Waals surface area (Å²) in [6, 6.07) is 7.78. The Bertz CT molecular complexity index is 1330. The molecule has 0 unspecified atom stereocenters. The van der Waals surface area contributed by atoms with E-state index in [9.17, 15) is 4.79 Å². The summed E-state index contributed by atoms with van der Waals surface area (Å²) >= 11 is 0. The second kappa shape index (κ2) is 10.7. The number of piperidine rings is 1. The van der Waals surface area contributed by atoms with Crippen molar-refractivity contribution in [2.24, 2.45) is 4.99 Å². The van der Waals surface area contributed by atoms with Crippen LogP contribution in [0.5, 0.6) is 0 Å². The summed E-state index contributed by atoms with van der Waals surface area (Å²) in [5, 5.41) is 4.21. The number of aliphatic imine (C=N–C) groups is 1. The minimum Gasteiger partial charge on any atom is -0.368 e. The molecule has 2 aliphatic rings. The molecule has 5 heterocycles. The number of rotatable bonds is 6. The predicted molar refractivity (Wildman–Crippen MR) is 144 cm³/mol. The average molecular weight is 469 g/mol. The van der Waals surface area contributed by atoms with Crippen LogP contribution in [0.1, 0.15) is 36.8 Å². The van der Waals surface area contributed by atoms with E-state index in [1.165, 1.54) is 24.8 Å². The standard InChI is InChI=1S/C28H32N6O/c1-21-16-26(33-14-5-2-6-15-33)32-28-27(21)24(35)17-25(34(28)20-23-9-7-12-30-18-23)31-19-22-8-3-4-11-29-13-10-22/h3-4,7-9,12-13,16-18,31H,2,5-6,10-11,14-15,19-20H2,1H3/b4-3?,22-8+,29-13?. The van der Waals surface area contributed by atoms with Crippen LogP contribution >= 0.6 is 0 Å². The van der Waals surface area contributed by atoms with E-state index in [2.05, 4.69) is 43.0 Å². The van der Waals surface area contributed by atoms with Gasteiger partial charge >= 0.3 is 0 Å². The molecule has 7 nitrogen and oxygen atoms in total. The Hall–Kier alpha value is -3.74. The van der Waals surface area contributed by atoms with Crippen LogP contribution in [-0.4, -0.2) is 46.9 Å². The first kappa shape index (κ1) is 23.0. The largest absolute Gasteiger partial charge is 0.368 e. The fourth-order valence-electron chi connectivity index (χ4n) is 4.78. The van der Waals surface area contributed by atoms with E-state index in [0.717, 1.165) is 54.5 Å². The number of hydrogen-bond donors (Lipinski definition) is 1. The van der Waals surface area contributed by atoms with E-state index >= 15 is 0 Å². The Morgan fingerprint density at radius 1 is 1.14 bits per heavy atom. The fourth-order valence-corrected chi connectivity index (χ4v) is 4.78. The second-order valence-electron chi connectivity index (χ2n) is 9.24. The molecule has 35 heavy (non-hydrogen) atoms. The van der Waals surface area contributed by atoms with Gasteiger partial charge in [-0.1, -0.05) is 24.3 Å². The molecule has 5 rings (SSSR count). The zero-order chi connectivity index (χ0) is 24.0. The van der Waals surface area contributed by atoms with Gasteiger partial charge in [-0.2, -0.15) is 0 Å². The molecule has 3 aromatic rings. The molecule has 0 radical (unpaired) electrons. The Balaban J connectivity index is 1.59. The summed E-state index contributed by atoms with van der Waals surface area (Å²) < 4.78 is 2.13. The third kappa shape index (κ3) is 5.34. The Morgan fingerprint density at radius 2 is 2.03 bits per heavy atom. The Kier molecular flexibility index (Phi) is 7.02. The molecule has 1 saturated heterocycles. The number of nitrogens with one attached hydrogen (secondary N) is 1. The summed E-state index contributed by atoms with van der Waals surface area (Å²) in [5.74, 6) is 1.72. The predicted octanol–water partition coefficient (Wildman–Crippen LogP) is 4.51. The summed E-state index contributed by atoms with van der Waals surface area (Å²) in [5.41, 5.74) is 3.95. The highest BCUT2D eigenvalue weighted by atomic mass is 16.1. The van der Waals surface area contributed by atoms with Gasteiger partial charge in [-0.05, 0) is 55.0 Å². The first-order chi connectivity index (χ1) is 17.2. The number of aryl methyl sites for hydroxylation is 1. The van der Waals surface area contributed by atoms with E-state index in [1.807, 2.05) is 37.6 Å². The molecule has 0 spiro atoms. The van der Waals surface area contributed by atoms with Crippen LogP contribution < -0.4 is 15.6 Å². The molecule has 0 saturated carbocycles. The smallest absolute Gasteiger partial charge is 0.193 e. The molecular weight excluding hydrogens is 436 g/mol.